The monoisotopic (exact) mass is 502 g/mol. The lowest BCUT2D eigenvalue weighted by Crippen LogP contribution is -2.14. The lowest BCUT2D eigenvalue weighted by Gasteiger charge is -2.22. The molecule has 0 saturated carbocycles. The van der Waals surface area contributed by atoms with E-state index in [0.29, 0.717) is 0 Å². The third-order valence-electron chi connectivity index (χ3n) is 9.00. The highest BCUT2D eigenvalue weighted by atomic mass is 14.4. The Hall–Kier alpha value is -4.16. The van der Waals surface area contributed by atoms with Crippen LogP contribution in [0.4, 0.5) is 0 Å². The van der Waals surface area contributed by atoms with E-state index in [0.717, 1.165) is 12.8 Å². The number of hydrogen-bond donors (Lipinski definition) is 0. The normalized spacial score (nSPS) is 13.5. The Kier molecular flexibility index (Phi) is 5.49. The van der Waals surface area contributed by atoms with Gasteiger partial charge in [0, 0.05) is 5.41 Å². The summed E-state index contributed by atoms with van der Waals surface area (Å²) in [5.41, 5.74) is 13.7. The third-order valence-corrected chi connectivity index (χ3v) is 9.00. The maximum Gasteiger partial charge on any atom is 0.0159 e. The van der Waals surface area contributed by atoms with Crippen LogP contribution in [0.15, 0.2) is 109 Å². The number of hydrogen-bond acceptors (Lipinski definition) is 0. The van der Waals surface area contributed by atoms with Gasteiger partial charge in [-0.2, -0.15) is 0 Å². The lowest BCUT2D eigenvalue weighted by molar-refractivity contribution is 0.660. The van der Waals surface area contributed by atoms with Crippen LogP contribution >= 0.6 is 0 Å². The van der Waals surface area contributed by atoms with Crippen LogP contribution in [-0.2, 0) is 11.8 Å². The largest absolute Gasteiger partial charge is 0.0651 e. The van der Waals surface area contributed by atoms with E-state index in [2.05, 4.69) is 137 Å². The zero-order valence-electron chi connectivity index (χ0n) is 23.3. The van der Waals surface area contributed by atoms with Crippen molar-refractivity contribution < 1.29 is 0 Å². The van der Waals surface area contributed by atoms with E-state index in [1.807, 2.05) is 0 Å². The van der Waals surface area contributed by atoms with Crippen LogP contribution in [0, 0.1) is 6.92 Å². The Bertz CT molecular complexity index is 1900. The number of fused-ring (bicyclic) bond motifs is 6. The quantitative estimate of drug-likeness (QED) is 0.210. The molecule has 0 bridgehead atoms. The standard InChI is InChI=1S/C39H34/c1-5-12-28-23-26-13-6-7-14-31(26)35-19-11-18-34(38(28)35)30-17-10-16-29(25(30)2)27-21-22-33-32-15-8-9-20-36(32)39(3,4)37(33)24-27/h6-11,13-24H,5,12H2,1-4H3. The molecule has 0 fully saturated rings. The van der Waals surface area contributed by atoms with Gasteiger partial charge in [0.05, 0.1) is 0 Å². The smallest absolute Gasteiger partial charge is 0.0159 e. The van der Waals surface area contributed by atoms with Gasteiger partial charge in [0.2, 0.25) is 0 Å². The minimum atomic E-state index is -0.000799. The molecule has 7 rings (SSSR count). The number of aryl methyl sites for hydroxylation is 1. The molecule has 1 aliphatic rings. The summed E-state index contributed by atoms with van der Waals surface area (Å²) < 4.78 is 0. The molecule has 0 aromatic heterocycles. The molecule has 6 aromatic carbocycles. The summed E-state index contributed by atoms with van der Waals surface area (Å²) in [4.78, 5) is 0. The molecule has 0 nitrogen and oxygen atoms in total. The van der Waals surface area contributed by atoms with Gasteiger partial charge in [0.1, 0.15) is 0 Å². The van der Waals surface area contributed by atoms with Crippen LogP contribution in [0.25, 0.3) is 54.9 Å². The van der Waals surface area contributed by atoms with Gasteiger partial charge in [-0.15, -0.1) is 0 Å². The van der Waals surface area contributed by atoms with E-state index in [4.69, 9.17) is 0 Å². The zero-order chi connectivity index (χ0) is 26.7. The van der Waals surface area contributed by atoms with Crippen molar-refractivity contribution in [3.63, 3.8) is 0 Å². The summed E-state index contributed by atoms with van der Waals surface area (Å²) >= 11 is 0. The van der Waals surface area contributed by atoms with Crippen molar-refractivity contribution in [1.29, 1.82) is 0 Å². The first-order chi connectivity index (χ1) is 19.0. The molecule has 0 saturated heterocycles. The van der Waals surface area contributed by atoms with Crippen molar-refractivity contribution in [3.8, 4) is 33.4 Å². The van der Waals surface area contributed by atoms with Gasteiger partial charge in [-0.05, 0) is 96.6 Å². The molecule has 0 amide bonds. The average molecular weight is 503 g/mol. The highest BCUT2D eigenvalue weighted by Crippen LogP contribution is 2.50. The van der Waals surface area contributed by atoms with Gasteiger partial charge >= 0.3 is 0 Å². The minimum Gasteiger partial charge on any atom is -0.0651 e. The summed E-state index contributed by atoms with van der Waals surface area (Å²) in [7, 11) is 0. The SMILES string of the molecule is CCCc1cc2ccccc2c2cccc(-c3cccc(-c4ccc5c(c4)C(C)(C)c4ccccc4-5)c3C)c12. The lowest BCUT2D eigenvalue weighted by atomic mass is 9.81. The molecule has 0 atom stereocenters. The summed E-state index contributed by atoms with van der Waals surface area (Å²) in [6.07, 6.45) is 2.21. The first kappa shape index (κ1) is 23.9. The van der Waals surface area contributed by atoms with Crippen molar-refractivity contribution >= 4 is 21.5 Å². The van der Waals surface area contributed by atoms with Gasteiger partial charge in [0.15, 0.2) is 0 Å². The molecule has 39 heavy (non-hydrogen) atoms. The molecule has 0 aliphatic heterocycles. The van der Waals surface area contributed by atoms with E-state index in [9.17, 15) is 0 Å². The van der Waals surface area contributed by atoms with E-state index in [1.54, 1.807) is 0 Å². The Balaban J connectivity index is 1.43. The predicted molar refractivity (Wildman–Crippen MR) is 169 cm³/mol. The molecule has 0 heteroatoms. The van der Waals surface area contributed by atoms with Gasteiger partial charge in [-0.1, -0.05) is 130 Å². The van der Waals surface area contributed by atoms with E-state index >= 15 is 0 Å². The van der Waals surface area contributed by atoms with Gasteiger partial charge < -0.3 is 0 Å². The van der Waals surface area contributed by atoms with Crippen molar-refractivity contribution in [1.82, 2.24) is 0 Å². The fourth-order valence-corrected chi connectivity index (χ4v) is 7.05. The molecule has 0 N–H and O–H groups in total. The second-order valence-corrected chi connectivity index (χ2v) is 11.6. The zero-order valence-corrected chi connectivity index (χ0v) is 23.3. The highest BCUT2D eigenvalue weighted by Gasteiger charge is 2.35. The molecule has 1 aliphatic carbocycles. The first-order valence-electron chi connectivity index (χ1n) is 14.3. The maximum atomic E-state index is 2.45. The second-order valence-electron chi connectivity index (χ2n) is 11.6. The average Bonchev–Trinajstić information content (AvgIpc) is 3.19. The van der Waals surface area contributed by atoms with E-state index in [1.165, 1.54) is 77.2 Å². The maximum absolute atomic E-state index is 2.45. The highest BCUT2D eigenvalue weighted by molar-refractivity contribution is 6.14. The summed E-state index contributed by atoms with van der Waals surface area (Å²) in [6, 6.07) is 41.0. The van der Waals surface area contributed by atoms with Crippen molar-refractivity contribution in [2.45, 2.75) is 46.0 Å². The number of rotatable bonds is 4. The van der Waals surface area contributed by atoms with Crippen LogP contribution in [0.3, 0.4) is 0 Å². The summed E-state index contributed by atoms with van der Waals surface area (Å²) in [5.74, 6) is 0. The van der Waals surface area contributed by atoms with Gasteiger partial charge in [0.25, 0.3) is 0 Å². The van der Waals surface area contributed by atoms with Crippen LogP contribution in [0.5, 0.6) is 0 Å². The third kappa shape index (κ3) is 3.58. The van der Waals surface area contributed by atoms with Crippen LogP contribution in [0.1, 0.15) is 49.4 Å². The van der Waals surface area contributed by atoms with Crippen LogP contribution in [-0.4, -0.2) is 0 Å². The molecule has 190 valence electrons. The second kappa shape index (κ2) is 8.95. The van der Waals surface area contributed by atoms with E-state index in [-0.39, 0.29) is 5.41 Å². The molecular formula is C39H34. The van der Waals surface area contributed by atoms with Crippen molar-refractivity contribution in [3.05, 3.63) is 131 Å². The number of benzene rings is 6. The van der Waals surface area contributed by atoms with Crippen LogP contribution < -0.4 is 0 Å². The molecule has 0 heterocycles. The molecule has 6 aromatic rings. The predicted octanol–water partition coefficient (Wildman–Crippen LogP) is 10.9. The van der Waals surface area contributed by atoms with Crippen LogP contribution in [0.2, 0.25) is 0 Å². The van der Waals surface area contributed by atoms with Gasteiger partial charge in [-0.3, -0.25) is 0 Å². The molecule has 0 spiro atoms. The topological polar surface area (TPSA) is 0 Å². The van der Waals surface area contributed by atoms with Gasteiger partial charge in [-0.25, -0.2) is 0 Å². The summed E-state index contributed by atoms with van der Waals surface area (Å²) in [5, 5.41) is 5.43. The Morgan fingerprint density at radius 1 is 0.564 bits per heavy atom. The Labute approximate surface area is 232 Å². The molecular weight excluding hydrogens is 468 g/mol. The molecule has 0 radical (unpaired) electrons. The summed E-state index contributed by atoms with van der Waals surface area (Å²) in [6.45, 7) is 9.31. The first-order valence-corrected chi connectivity index (χ1v) is 14.3. The minimum absolute atomic E-state index is 0.000799. The fraction of sp³-hybridized carbons (Fsp3) is 0.179. The van der Waals surface area contributed by atoms with Crippen molar-refractivity contribution in [2.24, 2.45) is 0 Å². The Morgan fingerprint density at radius 2 is 1.23 bits per heavy atom. The van der Waals surface area contributed by atoms with Crippen molar-refractivity contribution in [2.75, 3.05) is 0 Å². The fourth-order valence-electron chi connectivity index (χ4n) is 7.05. The Morgan fingerprint density at radius 3 is 2.10 bits per heavy atom. The van der Waals surface area contributed by atoms with E-state index < -0.39 is 0 Å². The molecule has 0 unspecified atom stereocenters.